The number of nitrogens with one attached hydrogen (secondary N) is 2. The van der Waals surface area contributed by atoms with Crippen molar-refractivity contribution in [3.8, 4) is 5.75 Å². The maximum Gasteiger partial charge on any atom is 0.341 e. The standard InChI is InChI=1S/C30H33N3O5S/c1-4-37-30(36)26-24-8-6-5-7-9-25(24)39-29(26)31-27(34)28(35)33-32-20(3)22-14-16-23(17-15-22)38-18-21-12-10-19(2)11-13-21/h10-17H,4-9,18H2,1-3H3,(H,31,34)(H,33,35). The largest absolute Gasteiger partial charge is 0.489 e. The highest BCUT2D eigenvalue weighted by Crippen LogP contribution is 2.38. The first-order valence-electron chi connectivity index (χ1n) is 13.1. The van der Waals surface area contributed by atoms with Gasteiger partial charge in [0.2, 0.25) is 0 Å². The smallest absolute Gasteiger partial charge is 0.341 e. The van der Waals surface area contributed by atoms with Crippen LogP contribution in [0.15, 0.2) is 53.6 Å². The molecule has 2 N–H and O–H groups in total. The molecule has 0 saturated carbocycles. The van der Waals surface area contributed by atoms with Crippen molar-refractivity contribution in [3.63, 3.8) is 0 Å². The van der Waals surface area contributed by atoms with Gasteiger partial charge in [0.05, 0.1) is 17.9 Å². The van der Waals surface area contributed by atoms with E-state index < -0.39 is 17.8 Å². The van der Waals surface area contributed by atoms with Gasteiger partial charge in [-0.2, -0.15) is 5.10 Å². The lowest BCUT2D eigenvalue weighted by molar-refractivity contribution is -0.136. The van der Waals surface area contributed by atoms with Gasteiger partial charge >= 0.3 is 17.8 Å². The van der Waals surface area contributed by atoms with Crippen molar-refractivity contribution in [2.45, 2.75) is 59.5 Å². The summed E-state index contributed by atoms with van der Waals surface area (Å²) in [6, 6.07) is 15.5. The third kappa shape index (κ3) is 7.32. The summed E-state index contributed by atoms with van der Waals surface area (Å²) in [5.74, 6) is -1.59. The minimum atomic E-state index is -0.925. The number of esters is 1. The number of carbonyl (C=O) groups excluding carboxylic acids is 3. The highest BCUT2D eigenvalue weighted by atomic mass is 32.1. The number of anilines is 1. The Balaban J connectivity index is 1.36. The van der Waals surface area contributed by atoms with E-state index in [9.17, 15) is 14.4 Å². The van der Waals surface area contributed by atoms with Gasteiger partial charge in [0.15, 0.2) is 0 Å². The number of aryl methyl sites for hydroxylation is 2. The number of benzene rings is 2. The first-order valence-corrected chi connectivity index (χ1v) is 13.9. The van der Waals surface area contributed by atoms with Crippen LogP contribution in [-0.4, -0.2) is 30.1 Å². The van der Waals surface area contributed by atoms with Crippen LogP contribution in [0.5, 0.6) is 5.75 Å². The van der Waals surface area contributed by atoms with E-state index in [1.807, 2.05) is 55.5 Å². The van der Waals surface area contributed by atoms with Gasteiger partial charge in [-0.05, 0) is 87.4 Å². The quantitative estimate of drug-likeness (QED) is 0.126. The highest BCUT2D eigenvalue weighted by molar-refractivity contribution is 7.17. The van der Waals surface area contributed by atoms with Crippen molar-refractivity contribution in [1.82, 2.24) is 5.43 Å². The molecule has 0 unspecified atom stereocenters. The Bertz CT molecular complexity index is 1360. The van der Waals surface area contributed by atoms with Crippen molar-refractivity contribution >= 4 is 39.8 Å². The first-order chi connectivity index (χ1) is 18.9. The number of rotatable bonds is 8. The second-order valence-corrected chi connectivity index (χ2v) is 10.5. The molecule has 1 aromatic heterocycles. The van der Waals surface area contributed by atoms with E-state index in [1.54, 1.807) is 13.8 Å². The molecule has 1 aliphatic rings. The maximum absolute atomic E-state index is 12.7. The van der Waals surface area contributed by atoms with Crippen molar-refractivity contribution in [1.29, 1.82) is 0 Å². The van der Waals surface area contributed by atoms with Gasteiger partial charge in [-0.3, -0.25) is 9.59 Å². The molecule has 0 fully saturated rings. The minimum Gasteiger partial charge on any atom is -0.489 e. The van der Waals surface area contributed by atoms with Crippen molar-refractivity contribution in [2.24, 2.45) is 5.10 Å². The summed E-state index contributed by atoms with van der Waals surface area (Å²) in [4.78, 5) is 38.9. The van der Waals surface area contributed by atoms with E-state index in [1.165, 1.54) is 16.9 Å². The number of hydrazone groups is 1. The average Bonchev–Trinajstić information content (AvgIpc) is 3.11. The fraction of sp³-hybridized carbons (Fsp3) is 0.333. The molecule has 9 heteroatoms. The minimum absolute atomic E-state index is 0.227. The average molecular weight is 548 g/mol. The predicted octanol–water partition coefficient (Wildman–Crippen LogP) is 5.56. The third-order valence-electron chi connectivity index (χ3n) is 6.46. The third-order valence-corrected chi connectivity index (χ3v) is 7.66. The van der Waals surface area contributed by atoms with Crippen LogP contribution < -0.4 is 15.5 Å². The van der Waals surface area contributed by atoms with Crippen LogP contribution in [0.4, 0.5) is 5.00 Å². The van der Waals surface area contributed by atoms with E-state index in [-0.39, 0.29) is 6.61 Å². The molecule has 2 amide bonds. The number of thiophene rings is 1. The van der Waals surface area contributed by atoms with Gasteiger partial charge in [-0.1, -0.05) is 36.2 Å². The molecule has 0 aliphatic heterocycles. The van der Waals surface area contributed by atoms with Gasteiger partial charge in [0.1, 0.15) is 17.4 Å². The Hall–Kier alpha value is -3.98. The van der Waals surface area contributed by atoms with Gasteiger partial charge in [0, 0.05) is 4.88 Å². The summed E-state index contributed by atoms with van der Waals surface area (Å²) in [6.45, 7) is 6.20. The topological polar surface area (TPSA) is 106 Å². The van der Waals surface area contributed by atoms with Crippen molar-refractivity contribution in [2.75, 3.05) is 11.9 Å². The summed E-state index contributed by atoms with van der Waals surface area (Å²) >= 11 is 1.34. The Kier molecular flexibility index (Phi) is 9.49. The molecule has 0 bridgehead atoms. The zero-order valence-corrected chi connectivity index (χ0v) is 23.3. The van der Waals surface area contributed by atoms with Crippen LogP contribution in [0.1, 0.15) is 70.6 Å². The molecule has 0 radical (unpaired) electrons. The predicted molar refractivity (Wildman–Crippen MR) is 152 cm³/mol. The molecule has 8 nitrogen and oxygen atoms in total. The Morgan fingerprint density at radius 2 is 1.67 bits per heavy atom. The molecule has 1 heterocycles. The molecule has 3 aromatic rings. The van der Waals surface area contributed by atoms with Crippen molar-refractivity contribution < 1.29 is 23.9 Å². The van der Waals surface area contributed by atoms with Crippen LogP contribution in [-0.2, 0) is 33.8 Å². The molecule has 204 valence electrons. The Morgan fingerprint density at radius 1 is 0.949 bits per heavy atom. The monoisotopic (exact) mass is 547 g/mol. The summed E-state index contributed by atoms with van der Waals surface area (Å²) in [5.41, 5.74) is 7.17. The highest BCUT2D eigenvalue weighted by Gasteiger charge is 2.27. The number of hydrogen-bond acceptors (Lipinski definition) is 7. The van der Waals surface area contributed by atoms with Gasteiger partial charge < -0.3 is 14.8 Å². The van der Waals surface area contributed by atoms with Gasteiger partial charge in [0.25, 0.3) is 0 Å². The second-order valence-electron chi connectivity index (χ2n) is 9.38. The molecule has 0 spiro atoms. The van der Waals surface area contributed by atoms with Crippen LogP contribution in [0.25, 0.3) is 0 Å². The Labute approximate surface area is 232 Å². The van der Waals surface area contributed by atoms with Crippen LogP contribution in [0, 0.1) is 6.92 Å². The summed E-state index contributed by atoms with van der Waals surface area (Å²) in [5, 5.41) is 7.04. The van der Waals surface area contributed by atoms with Gasteiger partial charge in [-0.25, -0.2) is 10.2 Å². The number of fused-ring (bicyclic) bond motifs is 1. The van der Waals surface area contributed by atoms with E-state index in [0.717, 1.165) is 53.7 Å². The lowest BCUT2D eigenvalue weighted by Crippen LogP contribution is -2.33. The molecule has 1 aliphatic carbocycles. The fourth-order valence-electron chi connectivity index (χ4n) is 4.30. The molecular weight excluding hydrogens is 514 g/mol. The molecular formula is C30H33N3O5S. The zero-order chi connectivity index (χ0) is 27.8. The van der Waals surface area contributed by atoms with Gasteiger partial charge in [-0.15, -0.1) is 11.3 Å². The van der Waals surface area contributed by atoms with Crippen LogP contribution in [0.2, 0.25) is 0 Å². The van der Waals surface area contributed by atoms with E-state index in [4.69, 9.17) is 9.47 Å². The lowest BCUT2D eigenvalue weighted by atomic mass is 10.1. The number of hydrogen-bond donors (Lipinski definition) is 2. The normalized spacial score (nSPS) is 13.2. The summed E-state index contributed by atoms with van der Waals surface area (Å²) < 4.78 is 11.1. The van der Waals surface area contributed by atoms with Crippen molar-refractivity contribution in [3.05, 3.63) is 81.2 Å². The fourth-order valence-corrected chi connectivity index (χ4v) is 5.58. The SMILES string of the molecule is CCOC(=O)c1c(NC(=O)C(=O)NN=C(C)c2ccc(OCc3ccc(C)cc3)cc2)sc2c1CCCCC2. The maximum atomic E-state index is 12.7. The number of nitrogens with zero attached hydrogens (tertiary/aromatic N) is 1. The molecule has 0 atom stereocenters. The Morgan fingerprint density at radius 3 is 2.38 bits per heavy atom. The summed E-state index contributed by atoms with van der Waals surface area (Å²) in [7, 11) is 0. The molecule has 2 aromatic carbocycles. The number of amides is 2. The second kappa shape index (κ2) is 13.2. The number of ether oxygens (including phenoxy) is 2. The van der Waals surface area contributed by atoms with E-state index in [0.29, 0.717) is 28.6 Å². The zero-order valence-electron chi connectivity index (χ0n) is 22.5. The first kappa shape index (κ1) is 28.0. The summed E-state index contributed by atoms with van der Waals surface area (Å²) in [6.07, 6.45) is 4.68. The molecule has 39 heavy (non-hydrogen) atoms. The van der Waals surface area contributed by atoms with Crippen LogP contribution in [0.3, 0.4) is 0 Å². The lowest BCUT2D eigenvalue weighted by Gasteiger charge is -2.09. The van der Waals surface area contributed by atoms with Crippen LogP contribution >= 0.6 is 11.3 Å². The van der Waals surface area contributed by atoms with E-state index >= 15 is 0 Å². The van der Waals surface area contributed by atoms with E-state index in [2.05, 4.69) is 15.8 Å². The molecule has 4 rings (SSSR count). The molecule has 0 saturated heterocycles. The number of carbonyl (C=O) groups is 3.